The van der Waals surface area contributed by atoms with Crippen LogP contribution in [0.3, 0.4) is 0 Å². The second kappa shape index (κ2) is 6.71. The van der Waals surface area contributed by atoms with E-state index in [2.05, 4.69) is 36.2 Å². The fraction of sp³-hybridized carbons (Fsp3) is 0.250. The molecule has 0 aliphatic carbocycles. The highest BCUT2D eigenvalue weighted by Gasteiger charge is 2.09. The summed E-state index contributed by atoms with van der Waals surface area (Å²) in [7, 11) is 1.59. The zero-order valence-electron chi connectivity index (χ0n) is 10.9. The van der Waals surface area contributed by atoms with Crippen molar-refractivity contribution >= 4 is 33.5 Å². The lowest BCUT2D eigenvalue weighted by molar-refractivity contribution is 0.409. The molecule has 1 heterocycles. The Bertz CT molecular complexity index is 612. The molecular weight excluding hydrogens is 348 g/mol. The number of nitrogens with zero attached hydrogens (tertiary/aromatic N) is 3. The van der Waals surface area contributed by atoms with Crippen LogP contribution in [-0.4, -0.2) is 28.6 Å². The first-order chi connectivity index (χ1) is 9.62. The predicted molar refractivity (Wildman–Crippen MR) is 79.8 cm³/mol. The lowest BCUT2D eigenvalue weighted by atomic mass is 10.3. The van der Waals surface area contributed by atoms with Crippen molar-refractivity contribution in [2.45, 2.75) is 6.92 Å². The van der Waals surface area contributed by atoms with Crippen molar-refractivity contribution in [3.05, 3.63) is 28.0 Å². The normalized spacial score (nSPS) is 10.2. The number of methoxy groups -OCH3 is 1. The Morgan fingerprint density at radius 2 is 2.10 bits per heavy atom. The molecule has 0 atom stereocenters. The maximum atomic E-state index is 5.83. The highest BCUT2D eigenvalue weighted by atomic mass is 79.9. The number of aromatic nitrogens is 3. The molecule has 0 bridgehead atoms. The molecule has 8 heteroatoms. The molecular formula is C12H12BrClN4O2. The van der Waals surface area contributed by atoms with E-state index in [0.717, 1.165) is 4.47 Å². The van der Waals surface area contributed by atoms with Gasteiger partial charge in [-0.25, -0.2) is 0 Å². The van der Waals surface area contributed by atoms with Gasteiger partial charge in [0.1, 0.15) is 11.5 Å². The van der Waals surface area contributed by atoms with Crippen molar-refractivity contribution in [2.75, 3.05) is 19.0 Å². The number of anilines is 1. The highest BCUT2D eigenvalue weighted by Crippen LogP contribution is 2.31. The van der Waals surface area contributed by atoms with E-state index in [1.165, 1.54) is 0 Å². The Morgan fingerprint density at radius 3 is 2.75 bits per heavy atom. The summed E-state index contributed by atoms with van der Waals surface area (Å²) >= 11 is 9.21. The van der Waals surface area contributed by atoms with Gasteiger partial charge in [-0.05, 0) is 52.7 Å². The number of ether oxygens (including phenoxy) is 2. The van der Waals surface area contributed by atoms with Gasteiger partial charge in [0.2, 0.25) is 11.2 Å². The first kappa shape index (κ1) is 14.8. The summed E-state index contributed by atoms with van der Waals surface area (Å²) in [5.74, 6) is 1.63. The second-order valence-corrected chi connectivity index (χ2v) is 4.83. The predicted octanol–water partition coefficient (Wildman–Crippen LogP) is 3.52. The van der Waals surface area contributed by atoms with Crippen LogP contribution in [0.5, 0.6) is 17.5 Å². The minimum absolute atomic E-state index is 0.0654. The van der Waals surface area contributed by atoms with Crippen LogP contribution in [0, 0.1) is 0 Å². The molecule has 0 aliphatic rings. The number of benzene rings is 1. The maximum Gasteiger partial charge on any atom is 0.328 e. The molecule has 0 saturated carbocycles. The summed E-state index contributed by atoms with van der Waals surface area (Å²) in [5.41, 5.74) is 0. The maximum absolute atomic E-state index is 5.83. The van der Waals surface area contributed by atoms with Gasteiger partial charge in [0.25, 0.3) is 0 Å². The first-order valence-electron chi connectivity index (χ1n) is 5.79. The molecule has 0 amide bonds. The summed E-state index contributed by atoms with van der Waals surface area (Å²) in [6.07, 6.45) is 0. The van der Waals surface area contributed by atoms with Gasteiger partial charge in [-0.2, -0.15) is 15.0 Å². The quantitative estimate of drug-likeness (QED) is 0.881. The lowest BCUT2D eigenvalue weighted by Gasteiger charge is -2.09. The molecule has 106 valence electrons. The van der Waals surface area contributed by atoms with Crippen molar-refractivity contribution < 1.29 is 9.47 Å². The molecule has 0 unspecified atom stereocenters. The molecule has 0 spiro atoms. The van der Waals surface area contributed by atoms with E-state index >= 15 is 0 Å². The van der Waals surface area contributed by atoms with Crippen LogP contribution in [0.4, 0.5) is 5.95 Å². The Labute approximate surface area is 129 Å². The van der Waals surface area contributed by atoms with Gasteiger partial charge in [-0.15, -0.1) is 0 Å². The van der Waals surface area contributed by atoms with Gasteiger partial charge in [0.15, 0.2) is 0 Å². The Hall–Kier alpha value is -1.60. The van der Waals surface area contributed by atoms with E-state index in [0.29, 0.717) is 24.0 Å². The van der Waals surface area contributed by atoms with Gasteiger partial charge >= 0.3 is 6.01 Å². The topological polar surface area (TPSA) is 69.2 Å². The van der Waals surface area contributed by atoms with Gasteiger partial charge in [0.05, 0.1) is 11.6 Å². The summed E-state index contributed by atoms with van der Waals surface area (Å²) in [4.78, 5) is 12.0. The monoisotopic (exact) mass is 358 g/mol. The molecule has 0 aliphatic heterocycles. The summed E-state index contributed by atoms with van der Waals surface area (Å²) in [5, 5.41) is 3.01. The fourth-order valence-corrected chi connectivity index (χ4v) is 2.00. The van der Waals surface area contributed by atoms with Crippen molar-refractivity contribution in [3.63, 3.8) is 0 Å². The second-order valence-electron chi connectivity index (χ2n) is 3.64. The van der Waals surface area contributed by atoms with E-state index in [1.54, 1.807) is 25.3 Å². The largest absolute Gasteiger partial charge is 0.497 e. The van der Waals surface area contributed by atoms with Crippen LogP contribution >= 0.6 is 27.5 Å². The van der Waals surface area contributed by atoms with E-state index in [9.17, 15) is 0 Å². The third-order valence-electron chi connectivity index (χ3n) is 2.26. The summed E-state index contributed by atoms with van der Waals surface area (Å²) in [6.45, 7) is 2.60. The average Bonchev–Trinajstić information content (AvgIpc) is 2.41. The molecule has 0 radical (unpaired) electrons. The van der Waals surface area contributed by atoms with Gasteiger partial charge in [0, 0.05) is 6.54 Å². The van der Waals surface area contributed by atoms with Crippen molar-refractivity contribution in [1.82, 2.24) is 15.0 Å². The van der Waals surface area contributed by atoms with E-state index in [-0.39, 0.29) is 11.3 Å². The van der Waals surface area contributed by atoms with Crippen molar-refractivity contribution in [1.29, 1.82) is 0 Å². The van der Waals surface area contributed by atoms with Crippen LogP contribution in [0.25, 0.3) is 0 Å². The van der Waals surface area contributed by atoms with Crippen molar-refractivity contribution in [3.8, 4) is 17.5 Å². The van der Waals surface area contributed by atoms with Crippen LogP contribution in [0.1, 0.15) is 6.92 Å². The van der Waals surface area contributed by atoms with Crippen molar-refractivity contribution in [2.24, 2.45) is 0 Å². The Kier molecular flexibility index (Phi) is 4.97. The fourth-order valence-electron chi connectivity index (χ4n) is 1.40. The Balaban J connectivity index is 2.25. The minimum Gasteiger partial charge on any atom is -0.497 e. The average molecular weight is 360 g/mol. The van der Waals surface area contributed by atoms with Gasteiger partial charge < -0.3 is 14.8 Å². The molecule has 0 fully saturated rings. The standard InChI is InChI=1S/C12H12BrClN4O2/c1-3-15-11-16-10(14)17-12(18-11)20-9-5-4-7(19-2)6-8(9)13/h4-6H,3H2,1-2H3,(H,15,16,17,18). The van der Waals surface area contributed by atoms with Crippen LogP contribution in [0.15, 0.2) is 22.7 Å². The highest BCUT2D eigenvalue weighted by molar-refractivity contribution is 9.10. The molecule has 1 N–H and O–H groups in total. The summed E-state index contributed by atoms with van der Waals surface area (Å²) in [6, 6.07) is 5.41. The number of hydrogen-bond acceptors (Lipinski definition) is 6. The molecule has 0 saturated heterocycles. The number of hydrogen-bond donors (Lipinski definition) is 1. The SMILES string of the molecule is CCNc1nc(Cl)nc(Oc2ccc(OC)cc2Br)n1. The van der Waals surface area contributed by atoms with Crippen LogP contribution in [0.2, 0.25) is 5.28 Å². The number of halogens is 2. The molecule has 1 aromatic heterocycles. The summed E-state index contributed by atoms with van der Waals surface area (Å²) < 4.78 is 11.4. The molecule has 2 rings (SSSR count). The lowest BCUT2D eigenvalue weighted by Crippen LogP contribution is -2.05. The first-order valence-corrected chi connectivity index (χ1v) is 6.96. The Morgan fingerprint density at radius 1 is 1.30 bits per heavy atom. The zero-order valence-corrected chi connectivity index (χ0v) is 13.2. The smallest absolute Gasteiger partial charge is 0.328 e. The molecule has 2 aromatic rings. The van der Waals surface area contributed by atoms with Crippen LogP contribution in [-0.2, 0) is 0 Å². The molecule has 20 heavy (non-hydrogen) atoms. The van der Waals surface area contributed by atoms with E-state index in [1.807, 2.05) is 6.92 Å². The number of nitrogens with one attached hydrogen (secondary N) is 1. The van der Waals surface area contributed by atoms with E-state index in [4.69, 9.17) is 21.1 Å². The third-order valence-corrected chi connectivity index (χ3v) is 3.05. The van der Waals surface area contributed by atoms with Gasteiger partial charge in [-0.3, -0.25) is 0 Å². The molecule has 1 aromatic carbocycles. The zero-order chi connectivity index (χ0) is 14.5. The number of rotatable bonds is 5. The van der Waals surface area contributed by atoms with Gasteiger partial charge in [-0.1, -0.05) is 0 Å². The minimum atomic E-state index is 0.0654. The van der Waals surface area contributed by atoms with E-state index < -0.39 is 0 Å². The third kappa shape index (κ3) is 3.71. The van der Waals surface area contributed by atoms with Crippen LogP contribution < -0.4 is 14.8 Å². The molecule has 6 nitrogen and oxygen atoms in total.